The molecule has 0 atom stereocenters. The predicted octanol–water partition coefficient (Wildman–Crippen LogP) is 3.56. The summed E-state index contributed by atoms with van der Waals surface area (Å²) >= 11 is 8.71. The van der Waals surface area contributed by atoms with Crippen molar-refractivity contribution in [3.05, 3.63) is 16.0 Å². The Kier molecular flexibility index (Phi) is 5.13. The molecule has 1 heterocycles. The second-order valence-corrected chi connectivity index (χ2v) is 4.86. The summed E-state index contributed by atoms with van der Waals surface area (Å²) in [6, 6.07) is 0. The Morgan fingerprint density at radius 2 is 2.12 bits per heavy atom. The first-order valence-electron chi connectivity index (χ1n) is 4.00. The lowest BCUT2D eigenvalue weighted by Crippen LogP contribution is -2.10. The molecule has 0 amide bonds. The van der Waals surface area contributed by atoms with Crippen LogP contribution in [0, 0.1) is 0 Å². The molecule has 0 saturated heterocycles. The van der Waals surface area contributed by atoms with Crippen molar-refractivity contribution in [3.8, 4) is 0 Å². The quantitative estimate of drug-likeness (QED) is 0.674. The fourth-order valence-corrected chi connectivity index (χ4v) is 1.72. The van der Waals surface area contributed by atoms with Crippen LogP contribution in [0.2, 0.25) is 5.15 Å². The van der Waals surface area contributed by atoms with Gasteiger partial charge >= 0.3 is 5.51 Å². The van der Waals surface area contributed by atoms with E-state index in [4.69, 9.17) is 11.6 Å². The lowest BCUT2D eigenvalue weighted by Gasteiger charge is -2.08. The van der Waals surface area contributed by atoms with Gasteiger partial charge in [0.1, 0.15) is 17.3 Å². The van der Waals surface area contributed by atoms with E-state index in [1.54, 1.807) is 0 Å². The third kappa shape index (κ3) is 4.75. The normalized spacial score (nSPS) is 11.6. The highest BCUT2D eigenvalue weighted by Crippen LogP contribution is 2.30. The number of nitrogens with one attached hydrogen (secondary N) is 1. The molecule has 9 heteroatoms. The van der Waals surface area contributed by atoms with Gasteiger partial charge in [-0.25, -0.2) is 9.97 Å². The number of hydrogen-bond acceptors (Lipinski definition) is 4. The maximum atomic E-state index is 11.8. The van der Waals surface area contributed by atoms with Gasteiger partial charge in [-0.2, -0.15) is 13.2 Å². The molecule has 1 aromatic rings. The molecule has 3 nitrogen and oxygen atoms in total. The van der Waals surface area contributed by atoms with E-state index in [1.807, 2.05) is 0 Å². The molecule has 16 heavy (non-hydrogen) atoms. The molecule has 1 aromatic heterocycles. The summed E-state index contributed by atoms with van der Waals surface area (Å²) < 4.78 is 35.9. The average Bonchev–Trinajstić information content (AvgIpc) is 2.17. The van der Waals surface area contributed by atoms with Crippen molar-refractivity contribution in [3.63, 3.8) is 0 Å². The molecule has 0 aromatic carbocycles. The van der Waals surface area contributed by atoms with Crippen LogP contribution in [-0.2, 0) is 0 Å². The van der Waals surface area contributed by atoms with Gasteiger partial charge in [-0.05, 0) is 27.7 Å². The summed E-state index contributed by atoms with van der Waals surface area (Å²) in [6.45, 7) is 0.135. The van der Waals surface area contributed by atoms with E-state index in [1.165, 1.54) is 6.33 Å². The topological polar surface area (TPSA) is 37.8 Å². The second kappa shape index (κ2) is 5.92. The summed E-state index contributed by atoms with van der Waals surface area (Å²) in [5.74, 6) is 0.278. The average molecular weight is 337 g/mol. The molecule has 0 aliphatic rings. The highest BCUT2D eigenvalue weighted by molar-refractivity contribution is 9.10. The molecule has 0 saturated carbocycles. The third-order valence-electron chi connectivity index (χ3n) is 1.41. The van der Waals surface area contributed by atoms with Crippen LogP contribution in [-0.4, -0.2) is 27.8 Å². The number of thioether (sulfide) groups is 1. The fourth-order valence-electron chi connectivity index (χ4n) is 0.808. The van der Waals surface area contributed by atoms with Crippen molar-refractivity contribution in [1.82, 2.24) is 9.97 Å². The SMILES string of the molecule is FC(F)(F)SCCNc1ncnc(Cl)c1Br. The van der Waals surface area contributed by atoms with Gasteiger partial charge in [-0.1, -0.05) is 11.6 Å². The Bertz CT molecular complexity index is 363. The number of hydrogen-bond donors (Lipinski definition) is 1. The largest absolute Gasteiger partial charge is 0.441 e. The maximum Gasteiger partial charge on any atom is 0.441 e. The number of halogens is 5. The van der Waals surface area contributed by atoms with Crippen molar-refractivity contribution >= 4 is 45.1 Å². The molecule has 0 spiro atoms. The smallest absolute Gasteiger partial charge is 0.368 e. The molecule has 90 valence electrons. The van der Waals surface area contributed by atoms with Crippen LogP contribution in [0.25, 0.3) is 0 Å². The van der Waals surface area contributed by atoms with E-state index in [9.17, 15) is 13.2 Å². The number of alkyl halides is 3. The fraction of sp³-hybridized carbons (Fsp3) is 0.429. The molecule has 0 fully saturated rings. The van der Waals surface area contributed by atoms with Gasteiger partial charge in [0, 0.05) is 12.3 Å². The zero-order chi connectivity index (χ0) is 12.2. The van der Waals surface area contributed by atoms with Crippen molar-refractivity contribution in [2.45, 2.75) is 5.51 Å². The summed E-state index contributed by atoms with van der Waals surface area (Å²) in [7, 11) is 0. The predicted molar refractivity (Wildman–Crippen MR) is 61.7 cm³/mol. The lowest BCUT2D eigenvalue weighted by molar-refractivity contribution is -0.0327. The lowest BCUT2D eigenvalue weighted by atomic mass is 10.5. The van der Waals surface area contributed by atoms with Gasteiger partial charge in [0.2, 0.25) is 0 Å². The first-order valence-corrected chi connectivity index (χ1v) is 6.16. The van der Waals surface area contributed by atoms with Crippen molar-refractivity contribution in [2.24, 2.45) is 0 Å². The van der Waals surface area contributed by atoms with Crippen molar-refractivity contribution < 1.29 is 13.2 Å². The molecule has 1 rings (SSSR count). The molecule has 0 bridgehead atoms. The van der Waals surface area contributed by atoms with E-state index < -0.39 is 5.51 Å². The van der Waals surface area contributed by atoms with Crippen LogP contribution in [0.15, 0.2) is 10.8 Å². The van der Waals surface area contributed by atoms with E-state index in [2.05, 4.69) is 31.2 Å². The standard InChI is InChI=1S/C7H6BrClF3N3S/c8-4-5(9)14-3-15-6(4)13-1-2-16-7(10,11)12/h3H,1-2H2,(H,13,14,15). The Balaban J connectivity index is 2.41. The summed E-state index contributed by atoms with van der Waals surface area (Å²) in [5.41, 5.74) is -4.21. The minimum Gasteiger partial charge on any atom is -0.368 e. The summed E-state index contributed by atoms with van der Waals surface area (Å²) in [6.07, 6.45) is 1.23. The summed E-state index contributed by atoms with van der Waals surface area (Å²) in [5, 5.41) is 2.93. The molecule has 0 aliphatic heterocycles. The van der Waals surface area contributed by atoms with Gasteiger partial charge in [0.05, 0.1) is 4.47 Å². The molecular formula is C7H6BrClF3N3S. The monoisotopic (exact) mass is 335 g/mol. The summed E-state index contributed by atoms with van der Waals surface area (Å²) in [4.78, 5) is 7.52. The van der Waals surface area contributed by atoms with Gasteiger partial charge in [-0.3, -0.25) is 0 Å². The van der Waals surface area contributed by atoms with Crippen LogP contribution in [0.3, 0.4) is 0 Å². The molecule has 0 radical (unpaired) electrons. The van der Waals surface area contributed by atoms with Crippen LogP contribution < -0.4 is 5.32 Å². The van der Waals surface area contributed by atoms with Gasteiger partial charge < -0.3 is 5.32 Å². The van der Waals surface area contributed by atoms with Crippen molar-refractivity contribution in [1.29, 1.82) is 0 Å². The number of aromatic nitrogens is 2. The van der Waals surface area contributed by atoms with E-state index in [0.717, 1.165) is 0 Å². The van der Waals surface area contributed by atoms with Crippen molar-refractivity contribution in [2.75, 3.05) is 17.6 Å². The molecule has 0 unspecified atom stereocenters. The first-order chi connectivity index (χ1) is 7.40. The van der Waals surface area contributed by atoms with Crippen LogP contribution in [0.1, 0.15) is 0 Å². The number of nitrogens with zero attached hydrogens (tertiary/aromatic N) is 2. The highest BCUT2D eigenvalue weighted by Gasteiger charge is 2.27. The Hall–Kier alpha value is -0.210. The molecule has 1 N–H and O–H groups in total. The van der Waals surface area contributed by atoms with E-state index in [0.29, 0.717) is 10.3 Å². The highest BCUT2D eigenvalue weighted by atomic mass is 79.9. The van der Waals surface area contributed by atoms with E-state index in [-0.39, 0.29) is 29.2 Å². The van der Waals surface area contributed by atoms with E-state index >= 15 is 0 Å². The third-order valence-corrected chi connectivity index (χ3v) is 3.41. The minimum atomic E-state index is -4.21. The molecular weight excluding hydrogens is 331 g/mol. The Labute approximate surface area is 107 Å². The maximum absolute atomic E-state index is 11.8. The van der Waals surface area contributed by atoms with Gasteiger partial charge in [0.15, 0.2) is 0 Å². The number of rotatable bonds is 4. The second-order valence-electron chi connectivity index (χ2n) is 2.55. The zero-order valence-electron chi connectivity index (χ0n) is 7.68. The Morgan fingerprint density at radius 1 is 1.44 bits per heavy atom. The van der Waals surface area contributed by atoms with Crippen LogP contribution in [0.4, 0.5) is 19.0 Å². The van der Waals surface area contributed by atoms with Gasteiger partial charge in [0.25, 0.3) is 0 Å². The zero-order valence-corrected chi connectivity index (χ0v) is 10.8. The van der Waals surface area contributed by atoms with Gasteiger partial charge in [-0.15, -0.1) is 0 Å². The molecule has 0 aliphatic carbocycles. The van der Waals surface area contributed by atoms with Crippen LogP contribution >= 0.6 is 39.3 Å². The van der Waals surface area contributed by atoms with Crippen LogP contribution in [0.5, 0.6) is 0 Å². The number of anilines is 1. The first kappa shape index (κ1) is 13.9. The minimum absolute atomic E-state index is 0.0913. The Morgan fingerprint density at radius 3 is 2.75 bits per heavy atom.